The van der Waals surface area contributed by atoms with Crippen molar-refractivity contribution < 1.29 is 5.11 Å². The lowest BCUT2D eigenvalue weighted by Crippen LogP contribution is -2.28. The van der Waals surface area contributed by atoms with E-state index in [2.05, 4.69) is 86.4 Å². The molecular formula is C24H41BO. The van der Waals surface area contributed by atoms with Crippen LogP contribution in [0.1, 0.15) is 53.3 Å². The van der Waals surface area contributed by atoms with Crippen LogP contribution in [-0.4, -0.2) is 18.4 Å². The van der Waals surface area contributed by atoms with E-state index in [1.54, 1.807) is 6.92 Å². The second-order valence-corrected chi connectivity index (χ2v) is 7.31. The average molecular weight is 356 g/mol. The number of aryl methyl sites for hydroxylation is 6. The molecule has 1 N–H and O–H groups in total. The van der Waals surface area contributed by atoms with Gasteiger partial charge in [-0.2, -0.15) is 0 Å². The molecule has 0 saturated carbocycles. The van der Waals surface area contributed by atoms with E-state index in [0.717, 1.165) is 0 Å². The molecule has 1 nitrogen and oxygen atoms in total. The molecule has 0 aliphatic heterocycles. The summed E-state index contributed by atoms with van der Waals surface area (Å²) < 4.78 is 0. The van der Waals surface area contributed by atoms with Crippen LogP contribution in [0.15, 0.2) is 24.3 Å². The highest BCUT2D eigenvalue weighted by Crippen LogP contribution is 2.14. The average Bonchev–Trinajstić information content (AvgIpc) is 2.44. The van der Waals surface area contributed by atoms with Crippen molar-refractivity contribution in [2.24, 2.45) is 0 Å². The molecule has 0 spiro atoms. The summed E-state index contributed by atoms with van der Waals surface area (Å²) in [6.45, 7) is 22.3. The molecule has 0 radical (unpaired) electrons. The highest BCUT2D eigenvalue weighted by Gasteiger charge is 2.09. The van der Waals surface area contributed by atoms with Crippen LogP contribution in [0.2, 0.25) is 13.6 Å². The molecule has 2 aromatic carbocycles. The summed E-state index contributed by atoms with van der Waals surface area (Å²) in [7, 11) is 0. The van der Waals surface area contributed by atoms with Gasteiger partial charge in [-0.25, -0.2) is 0 Å². The van der Waals surface area contributed by atoms with Crippen LogP contribution < -0.4 is 5.46 Å². The Morgan fingerprint density at radius 2 is 0.962 bits per heavy atom. The SMILES string of the molecule is C.CB(C)c1c(C)cc(C)cc1C.CCO.Cc1cc(C)c(C)c(C)c1. The number of hydrogen-bond donors (Lipinski definition) is 1. The van der Waals surface area contributed by atoms with Crippen LogP contribution in [0.4, 0.5) is 0 Å². The Balaban J connectivity index is 0. The molecule has 26 heavy (non-hydrogen) atoms. The van der Waals surface area contributed by atoms with E-state index < -0.39 is 0 Å². The van der Waals surface area contributed by atoms with Crippen LogP contribution in [0.25, 0.3) is 0 Å². The zero-order valence-electron chi connectivity index (χ0n) is 18.0. The van der Waals surface area contributed by atoms with Gasteiger partial charge in [-0.15, -0.1) is 0 Å². The van der Waals surface area contributed by atoms with E-state index >= 15 is 0 Å². The van der Waals surface area contributed by atoms with E-state index in [9.17, 15) is 0 Å². The fraction of sp³-hybridized carbons (Fsp3) is 0.500. The second kappa shape index (κ2) is 12.8. The van der Waals surface area contributed by atoms with Crippen LogP contribution in [0.3, 0.4) is 0 Å². The van der Waals surface area contributed by atoms with Gasteiger partial charge in [-0.3, -0.25) is 0 Å². The maximum absolute atomic E-state index is 7.57. The minimum Gasteiger partial charge on any atom is -0.397 e. The van der Waals surface area contributed by atoms with Gasteiger partial charge in [0.1, 0.15) is 0 Å². The summed E-state index contributed by atoms with van der Waals surface area (Å²) in [6.07, 6.45) is 0. The van der Waals surface area contributed by atoms with Gasteiger partial charge in [0.2, 0.25) is 0 Å². The minimum atomic E-state index is 0. The Morgan fingerprint density at radius 3 is 1.23 bits per heavy atom. The van der Waals surface area contributed by atoms with Gasteiger partial charge in [0.15, 0.2) is 6.71 Å². The second-order valence-electron chi connectivity index (χ2n) is 7.31. The van der Waals surface area contributed by atoms with Crippen molar-refractivity contribution in [2.75, 3.05) is 6.61 Å². The molecule has 0 amide bonds. The van der Waals surface area contributed by atoms with Gasteiger partial charge in [0, 0.05) is 6.61 Å². The molecule has 0 aromatic heterocycles. The maximum atomic E-state index is 7.57. The highest BCUT2D eigenvalue weighted by atomic mass is 16.2. The predicted octanol–water partition coefficient (Wildman–Crippen LogP) is 6.13. The molecule has 0 saturated heterocycles. The van der Waals surface area contributed by atoms with Crippen molar-refractivity contribution in [3.8, 4) is 0 Å². The number of rotatable bonds is 1. The quantitative estimate of drug-likeness (QED) is 0.610. The van der Waals surface area contributed by atoms with Crippen LogP contribution in [0.5, 0.6) is 0 Å². The normalized spacial score (nSPS) is 9.19. The predicted molar refractivity (Wildman–Crippen MR) is 123 cm³/mol. The number of aliphatic hydroxyl groups excluding tert-OH is 1. The van der Waals surface area contributed by atoms with Crippen molar-refractivity contribution in [3.05, 3.63) is 63.2 Å². The van der Waals surface area contributed by atoms with Crippen LogP contribution >= 0.6 is 0 Å². The number of aliphatic hydroxyl groups is 1. The van der Waals surface area contributed by atoms with Crippen LogP contribution in [-0.2, 0) is 0 Å². The first-order valence-electron chi connectivity index (χ1n) is 9.28. The zero-order chi connectivity index (χ0) is 19.7. The smallest absolute Gasteiger partial charge is 0.170 e. The summed E-state index contributed by atoms with van der Waals surface area (Å²) >= 11 is 0. The summed E-state index contributed by atoms with van der Waals surface area (Å²) in [5.74, 6) is 0. The van der Waals surface area contributed by atoms with Gasteiger partial charge >= 0.3 is 0 Å². The van der Waals surface area contributed by atoms with E-state index in [-0.39, 0.29) is 14.0 Å². The minimum absolute atomic E-state index is 0. The molecule has 0 aliphatic rings. The summed E-state index contributed by atoms with van der Waals surface area (Å²) in [6, 6.07) is 8.98. The molecule has 0 heterocycles. The Kier molecular flexibility index (Phi) is 13.1. The van der Waals surface area contributed by atoms with Crippen molar-refractivity contribution in [3.63, 3.8) is 0 Å². The molecule has 0 aliphatic carbocycles. The van der Waals surface area contributed by atoms with Crippen molar-refractivity contribution >= 4 is 12.2 Å². The van der Waals surface area contributed by atoms with Gasteiger partial charge in [0.25, 0.3) is 0 Å². The fourth-order valence-electron chi connectivity index (χ4n) is 3.35. The maximum Gasteiger partial charge on any atom is 0.170 e. The summed E-state index contributed by atoms with van der Waals surface area (Å²) in [4.78, 5) is 0. The zero-order valence-corrected chi connectivity index (χ0v) is 18.0. The Bertz CT molecular complexity index is 626. The van der Waals surface area contributed by atoms with Crippen molar-refractivity contribution in [1.82, 2.24) is 0 Å². The molecule has 0 unspecified atom stereocenters. The molecule has 2 heteroatoms. The summed E-state index contributed by atoms with van der Waals surface area (Å²) in [5.41, 5.74) is 11.3. The Hall–Kier alpha value is -1.54. The largest absolute Gasteiger partial charge is 0.397 e. The third-order valence-electron chi connectivity index (χ3n) is 4.39. The van der Waals surface area contributed by atoms with E-state index in [0.29, 0.717) is 6.71 Å². The van der Waals surface area contributed by atoms with E-state index in [4.69, 9.17) is 5.11 Å². The lowest BCUT2D eigenvalue weighted by atomic mass is 9.47. The Labute approximate surface area is 164 Å². The standard InChI is InChI=1S/C11H17B.C10H14.C2H6O.CH4/c1-8-6-9(2)11(12(4)5)10(3)7-8;1-7-5-8(2)10(4)9(3)6-7;1-2-3;/h6-7H,1-5H3;5-6H,1-4H3;3H,2H2,1H3;1H4. The van der Waals surface area contributed by atoms with Crippen LogP contribution in [0, 0.1) is 48.5 Å². The van der Waals surface area contributed by atoms with E-state index in [1.807, 2.05) is 0 Å². The molecule has 0 atom stereocenters. The number of hydrogen-bond acceptors (Lipinski definition) is 1. The van der Waals surface area contributed by atoms with Gasteiger partial charge < -0.3 is 5.11 Å². The Morgan fingerprint density at radius 1 is 0.692 bits per heavy atom. The van der Waals surface area contributed by atoms with Gasteiger partial charge in [-0.05, 0) is 72.1 Å². The monoisotopic (exact) mass is 356 g/mol. The molecule has 0 fully saturated rings. The first kappa shape index (κ1) is 26.7. The van der Waals surface area contributed by atoms with Gasteiger partial charge in [0.05, 0.1) is 0 Å². The lowest BCUT2D eigenvalue weighted by Gasteiger charge is -2.12. The van der Waals surface area contributed by atoms with Crippen molar-refractivity contribution in [2.45, 2.75) is 76.5 Å². The lowest BCUT2D eigenvalue weighted by molar-refractivity contribution is 0.318. The first-order valence-corrected chi connectivity index (χ1v) is 9.28. The fourth-order valence-corrected chi connectivity index (χ4v) is 3.35. The van der Waals surface area contributed by atoms with Gasteiger partial charge in [-0.1, -0.05) is 73.1 Å². The highest BCUT2D eigenvalue weighted by molar-refractivity contribution is 6.71. The first-order chi connectivity index (χ1) is 11.5. The molecule has 2 aromatic rings. The topological polar surface area (TPSA) is 20.2 Å². The van der Waals surface area contributed by atoms with E-state index in [1.165, 1.54) is 44.4 Å². The molecular weight excluding hydrogens is 315 g/mol. The van der Waals surface area contributed by atoms with Crippen molar-refractivity contribution in [1.29, 1.82) is 0 Å². The number of benzene rings is 2. The molecule has 2 rings (SSSR count). The molecule has 146 valence electrons. The molecule has 0 bridgehead atoms. The third kappa shape index (κ3) is 8.71. The summed E-state index contributed by atoms with van der Waals surface area (Å²) in [5, 5.41) is 7.57. The third-order valence-corrected chi connectivity index (χ3v) is 4.39.